The monoisotopic (exact) mass is 232 g/mol. The van der Waals surface area contributed by atoms with E-state index >= 15 is 0 Å². The molecule has 0 saturated heterocycles. The maximum atomic E-state index is 11.2. The number of hydrogen-bond acceptors (Lipinski definition) is 2. The Labute approximate surface area is 92.5 Å². The van der Waals surface area contributed by atoms with Crippen LogP contribution in [0.3, 0.4) is 0 Å². The molecule has 1 rings (SSSR count). The molecule has 14 heavy (non-hydrogen) atoms. The van der Waals surface area contributed by atoms with E-state index in [0.717, 1.165) is 0 Å². The van der Waals surface area contributed by atoms with E-state index in [-0.39, 0.29) is 12.2 Å². The summed E-state index contributed by atoms with van der Waals surface area (Å²) in [6.07, 6.45) is -0.859. The summed E-state index contributed by atoms with van der Waals surface area (Å²) in [6, 6.07) is 5.09. The summed E-state index contributed by atoms with van der Waals surface area (Å²) in [5, 5.41) is 9.81. The Kier molecular flexibility index (Phi) is 3.93. The van der Waals surface area contributed by atoms with Gasteiger partial charge in [0.25, 0.3) is 0 Å². The van der Waals surface area contributed by atoms with Crippen LogP contribution in [0.4, 0.5) is 0 Å². The SMILES string of the molecule is CC(O)C(=O)Cc1cccc(Cl)c1Cl. The van der Waals surface area contributed by atoms with Crippen LogP contribution < -0.4 is 0 Å². The largest absolute Gasteiger partial charge is 0.386 e. The minimum Gasteiger partial charge on any atom is -0.386 e. The van der Waals surface area contributed by atoms with Crippen molar-refractivity contribution in [3.05, 3.63) is 33.8 Å². The Hall–Kier alpha value is -0.570. The molecule has 0 spiro atoms. The van der Waals surface area contributed by atoms with Gasteiger partial charge in [-0.25, -0.2) is 0 Å². The molecule has 1 N–H and O–H groups in total. The third-order valence-corrected chi connectivity index (χ3v) is 2.72. The molecule has 0 aromatic heterocycles. The van der Waals surface area contributed by atoms with Crippen LogP contribution in [-0.4, -0.2) is 17.0 Å². The third-order valence-electron chi connectivity index (χ3n) is 1.86. The Morgan fingerprint density at radius 1 is 1.50 bits per heavy atom. The molecule has 0 bridgehead atoms. The first kappa shape index (κ1) is 11.5. The summed E-state index contributed by atoms with van der Waals surface area (Å²) in [7, 11) is 0. The van der Waals surface area contributed by atoms with Crippen LogP contribution in [0.25, 0.3) is 0 Å². The predicted octanol–water partition coefficient (Wildman–Crippen LogP) is 2.49. The molecule has 76 valence electrons. The van der Waals surface area contributed by atoms with Gasteiger partial charge in [-0.2, -0.15) is 0 Å². The van der Waals surface area contributed by atoms with Crippen molar-refractivity contribution in [3.8, 4) is 0 Å². The molecule has 1 aromatic rings. The Morgan fingerprint density at radius 3 is 2.71 bits per heavy atom. The van der Waals surface area contributed by atoms with Crippen LogP contribution >= 0.6 is 23.2 Å². The zero-order chi connectivity index (χ0) is 10.7. The minimum absolute atomic E-state index is 0.108. The quantitative estimate of drug-likeness (QED) is 0.870. The summed E-state index contributed by atoms with van der Waals surface area (Å²) in [4.78, 5) is 11.2. The van der Waals surface area contributed by atoms with Crippen LogP contribution in [0.2, 0.25) is 10.0 Å². The normalized spacial score (nSPS) is 12.6. The van der Waals surface area contributed by atoms with Crippen molar-refractivity contribution in [2.24, 2.45) is 0 Å². The first-order valence-electron chi connectivity index (χ1n) is 4.16. The average molecular weight is 233 g/mol. The predicted molar refractivity (Wildman–Crippen MR) is 56.9 cm³/mol. The topological polar surface area (TPSA) is 37.3 Å². The van der Waals surface area contributed by atoms with Crippen LogP contribution in [0, 0.1) is 0 Å². The maximum absolute atomic E-state index is 11.2. The number of carbonyl (C=O) groups is 1. The van der Waals surface area contributed by atoms with E-state index in [2.05, 4.69) is 0 Å². The van der Waals surface area contributed by atoms with Crippen LogP contribution in [0.1, 0.15) is 12.5 Å². The van der Waals surface area contributed by atoms with E-state index < -0.39 is 6.10 Å². The lowest BCUT2D eigenvalue weighted by molar-refractivity contribution is -0.125. The number of aliphatic hydroxyl groups excluding tert-OH is 1. The Morgan fingerprint density at radius 2 is 2.14 bits per heavy atom. The van der Waals surface area contributed by atoms with Gasteiger partial charge in [0, 0.05) is 6.42 Å². The highest BCUT2D eigenvalue weighted by atomic mass is 35.5. The van der Waals surface area contributed by atoms with Gasteiger partial charge in [-0.1, -0.05) is 35.3 Å². The van der Waals surface area contributed by atoms with Crippen molar-refractivity contribution >= 4 is 29.0 Å². The van der Waals surface area contributed by atoms with Crippen molar-refractivity contribution in [3.63, 3.8) is 0 Å². The molecule has 2 nitrogen and oxygen atoms in total. The first-order chi connectivity index (χ1) is 6.52. The van der Waals surface area contributed by atoms with E-state index in [1.54, 1.807) is 18.2 Å². The molecule has 0 heterocycles. The highest BCUT2D eigenvalue weighted by molar-refractivity contribution is 6.42. The molecule has 1 unspecified atom stereocenters. The van der Waals surface area contributed by atoms with Crippen LogP contribution in [0.5, 0.6) is 0 Å². The number of benzene rings is 1. The molecule has 0 amide bonds. The molecule has 0 fully saturated rings. The van der Waals surface area contributed by atoms with Gasteiger partial charge >= 0.3 is 0 Å². The smallest absolute Gasteiger partial charge is 0.165 e. The summed E-state index contributed by atoms with van der Waals surface area (Å²) in [6.45, 7) is 1.43. The molecule has 0 aliphatic carbocycles. The molecule has 0 radical (unpaired) electrons. The molecule has 1 aromatic carbocycles. The van der Waals surface area contributed by atoms with Crippen molar-refractivity contribution < 1.29 is 9.90 Å². The van der Waals surface area contributed by atoms with Crippen LogP contribution in [-0.2, 0) is 11.2 Å². The number of halogens is 2. The number of ketones is 1. The lowest BCUT2D eigenvalue weighted by atomic mass is 10.1. The van der Waals surface area contributed by atoms with Crippen LogP contribution in [0.15, 0.2) is 18.2 Å². The van der Waals surface area contributed by atoms with Crippen molar-refractivity contribution in [2.45, 2.75) is 19.4 Å². The molecule has 0 aliphatic rings. The lowest BCUT2D eigenvalue weighted by Crippen LogP contribution is -2.18. The zero-order valence-corrected chi connectivity index (χ0v) is 9.14. The number of carbonyl (C=O) groups excluding carboxylic acids is 1. The fourth-order valence-corrected chi connectivity index (χ4v) is 1.41. The Bertz CT molecular complexity index is 348. The molecule has 4 heteroatoms. The highest BCUT2D eigenvalue weighted by Gasteiger charge is 2.12. The van der Waals surface area contributed by atoms with E-state index in [9.17, 15) is 4.79 Å². The number of rotatable bonds is 3. The fourth-order valence-electron chi connectivity index (χ4n) is 1.02. The highest BCUT2D eigenvalue weighted by Crippen LogP contribution is 2.25. The summed E-state index contributed by atoms with van der Waals surface area (Å²) in [5.41, 5.74) is 0.644. The van der Waals surface area contributed by atoms with Crippen molar-refractivity contribution in [2.75, 3.05) is 0 Å². The van der Waals surface area contributed by atoms with E-state index in [1.165, 1.54) is 6.92 Å². The molecule has 0 aliphatic heterocycles. The van der Waals surface area contributed by atoms with Gasteiger partial charge in [-0.15, -0.1) is 0 Å². The lowest BCUT2D eigenvalue weighted by Gasteiger charge is -2.06. The first-order valence-corrected chi connectivity index (χ1v) is 4.91. The van der Waals surface area contributed by atoms with Crippen molar-refractivity contribution in [1.29, 1.82) is 0 Å². The Balaban J connectivity index is 2.87. The van der Waals surface area contributed by atoms with Crippen molar-refractivity contribution in [1.82, 2.24) is 0 Å². The van der Waals surface area contributed by atoms with Gasteiger partial charge in [0.15, 0.2) is 5.78 Å². The summed E-state index contributed by atoms with van der Waals surface area (Å²) >= 11 is 11.6. The third kappa shape index (κ3) is 2.71. The maximum Gasteiger partial charge on any atom is 0.165 e. The van der Waals surface area contributed by atoms with E-state index in [4.69, 9.17) is 28.3 Å². The standard InChI is InChI=1S/C10H10Cl2O2/c1-6(13)9(14)5-7-3-2-4-8(11)10(7)12/h2-4,6,13H,5H2,1H3. The summed E-state index contributed by atoms with van der Waals surface area (Å²) < 4.78 is 0. The van der Waals surface area contributed by atoms with Gasteiger partial charge in [0.1, 0.15) is 6.10 Å². The second-order valence-corrected chi connectivity index (χ2v) is 3.82. The second-order valence-electron chi connectivity index (χ2n) is 3.03. The van der Waals surface area contributed by atoms with Gasteiger partial charge < -0.3 is 5.11 Å². The number of hydrogen-bond donors (Lipinski definition) is 1. The number of aliphatic hydroxyl groups is 1. The zero-order valence-electron chi connectivity index (χ0n) is 7.63. The average Bonchev–Trinajstić information content (AvgIpc) is 2.12. The van der Waals surface area contributed by atoms with Gasteiger partial charge in [0.2, 0.25) is 0 Å². The van der Waals surface area contributed by atoms with E-state index in [1.807, 2.05) is 0 Å². The fraction of sp³-hybridized carbons (Fsp3) is 0.300. The molecular weight excluding hydrogens is 223 g/mol. The second kappa shape index (κ2) is 4.78. The summed E-state index contributed by atoms with van der Waals surface area (Å²) in [5.74, 6) is -0.269. The minimum atomic E-state index is -0.968. The molecular formula is C10H10Cl2O2. The molecule has 1 atom stereocenters. The molecule has 0 saturated carbocycles. The van der Waals surface area contributed by atoms with Gasteiger partial charge in [-0.3, -0.25) is 4.79 Å². The number of Topliss-reactive ketones (excluding diaryl/α,β-unsaturated/α-hetero) is 1. The van der Waals surface area contributed by atoms with Gasteiger partial charge in [-0.05, 0) is 18.6 Å². The van der Waals surface area contributed by atoms with Gasteiger partial charge in [0.05, 0.1) is 10.0 Å². The van der Waals surface area contributed by atoms with E-state index in [0.29, 0.717) is 15.6 Å².